The van der Waals surface area contributed by atoms with Crippen LogP contribution >= 0.6 is 0 Å². The predicted molar refractivity (Wildman–Crippen MR) is 145 cm³/mol. The summed E-state index contributed by atoms with van der Waals surface area (Å²) in [5.41, 5.74) is 4.87. The minimum absolute atomic E-state index is 0.460. The molecule has 0 aliphatic carbocycles. The zero-order chi connectivity index (χ0) is 26.0. The lowest BCUT2D eigenvalue weighted by Gasteiger charge is -2.30. The van der Waals surface area contributed by atoms with E-state index < -0.39 is 17.7 Å². The van der Waals surface area contributed by atoms with Gasteiger partial charge in [0.05, 0.1) is 24.3 Å². The molecule has 4 rings (SSSR count). The van der Waals surface area contributed by atoms with Crippen molar-refractivity contribution in [2.75, 3.05) is 31.2 Å². The van der Waals surface area contributed by atoms with Crippen LogP contribution in [-0.2, 0) is 14.3 Å². The molecule has 2 unspecified atom stereocenters. The van der Waals surface area contributed by atoms with Gasteiger partial charge in [0.25, 0.3) is 0 Å². The lowest BCUT2D eigenvalue weighted by molar-refractivity contribution is -0.160. The second-order valence-electron chi connectivity index (χ2n) is 10.7. The van der Waals surface area contributed by atoms with Crippen molar-refractivity contribution in [3.05, 3.63) is 59.2 Å². The quantitative estimate of drug-likeness (QED) is 0.408. The van der Waals surface area contributed by atoms with Crippen molar-refractivity contribution in [2.24, 2.45) is 0 Å². The van der Waals surface area contributed by atoms with Crippen LogP contribution in [0.2, 0.25) is 0 Å². The second-order valence-corrected chi connectivity index (χ2v) is 10.7. The zero-order valence-corrected chi connectivity index (χ0v) is 22.3. The fourth-order valence-corrected chi connectivity index (χ4v) is 4.83. The van der Waals surface area contributed by atoms with Crippen LogP contribution in [0.15, 0.2) is 42.5 Å². The SMILES string of the molecule is CCC(C)c1ccc(-c2c(C(OC(C)(C)C)C(=O)O)c(C)cc3nc(N4CCOCC4)ccc23)cc1. The highest BCUT2D eigenvalue weighted by Crippen LogP contribution is 2.41. The smallest absolute Gasteiger partial charge is 0.337 e. The first-order valence-corrected chi connectivity index (χ1v) is 12.9. The molecular formula is C30H38N2O4. The summed E-state index contributed by atoms with van der Waals surface area (Å²) < 4.78 is 11.6. The summed E-state index contributed by atoms with van der Waals surface area (Å²) >= 11 is 0. The van der Waals surface area contributed by atoms with Gasteiger partial charge in [-0.15, -0.1) is 0 Å². The van der Waals surface area contributed by atoms with E-state index in [1.165, 1.54) is 5.56 Å². The number of benzene rings is 2. The summed E-state index contributed by atoms with van der Waals surface area (Å²) in [7, 11) is 0. The van der Waals surface area contributed by atoms with E-state index in [1.807, 2.05) is 39.8 Å². The van der Waals surface area contributed by atoms with Gasteiger partial charge in [0.2, 0.25) is 0 Å². The molecule has 2 aromatic carbocycles. The number of carboxylic acids is 1. The number of morpholine rings is 1. The third kappa shape index (κ3) is 5.55. The molecule has 2 heterocycles. The molecule has 0 saturated carbocycles. The van der Waals surface area contributed by atoms with Crippen LogP contribution in [0.3, 0.4) is 0 Å². The summed E-state index contributed by atoms with van der Waals surface area (Å²) in [6.45, 7) is 15.0. The number of anilines is 1. The van der Waals surface area contributed by atoms with Crippen molar-refractivity contribution in [1.29, 1.82) is 0 Å². The van der Waals surface area contributed by atoms with Gasteiger partial charge in [-0.05, 0) is 80.5 Å². The number of hydrogen-bond acceptors (Lipinski definition) is 5. The topological polar surface area (TPSA) is 71.9 Å². The zero-order valence-electron chi connectivity index (χ0n) is 22.3. The Bertz CT molecular complexity index is 1220. The third-order valence-corrected chi connectivity index (χ3v) is 6.90. The van der Waals surface area contributed by atoms with E-state index in [0.29, 0.717) is 24.7 Å². The molecular weight excluding hydrogens is 452 g/mol. The molecule has 1 saturated heterocycles. The second kappa shape index (κ2) is 10.6. The van der Waals surface area contributed by atoms with E-state index >= 15 is 0 Å². The highest BCUT2D eigenvalue weighted by atomic mass is 16.5. The largest absolute Gasteiger partial charge is 0.479 e. The summed E-state index contributed by atoms with van der Waals surface area (Å²) in [6, 6.07) is 14.6. The standard InChI is InChI=1S/C30H38N2O4/c1-7-19(2)21-8-10-22(11-9-21)27-23-12-13-25(32-14-16-35-17-15-32)31-24(23)18-20(3)26(27)28(29(33)34)36-30(4,5)6/h8-13,18-19,28H,7,14-17H2,1-6H3,(H,33,34). The van der Waals surface area contributed by atoms with E-state index in [2.05, 4.69) is 49.1 Å². The first kappa shape index (κ1) is 26.1. The van der Waals surface area contributed by atoms with Crippen molar-refractivity contribution in [3.63, 3.8) is 0 Å². The van der Waals surface area contributed by atoms with Crippen LogP contribution in [0.4, 0.5) is 5.82 Å². The van der Waals surface area contributed by atoms with Gasteiger partial charge in [-0.2, -0.15) is 0 Å². The molecule has 0 radical (unpaired) electrons. The molecule has 3 aromatic rings. The van der Waals surface area contributed by atoms with E-state index in [0.717, 1.165) is 52.9 Å². The highest BCUT2D eigenvalue weighted by molar-refractivity contribution is 6.00. The first-order chi connectivity index (χ1) is 17.1. The summed E-state index contributed by atoms with van der Waals surface area (Å²) in [5.74, 6) is 0.376. The Morgan fingerprint density at radius 2 is 1.81 bits per heavy atom. The molecule has 6 nitrogen and oxygen atoms in total. The number of aromatic nitrogens is 1. The summed E-state index contributed by atoms with van der Waals surface area (Å²) in [4.78, 5) is 19.8. The van der Waals surface area contributed by atoms with Gasteiger partial charge in [0.1, 0.15) is 5.82 Å². The Kier molecular flexibility index (Phi) is 7.67. The molecule has 1 aliphatic heterocycles. The highest BCUT2D eigenvalue weighted by Gasteiger charge is 2.32. The average Bonchev–Trinajstić information content (AvgIpc) is 2.86. The maximum Gasteiger partial charge on any atom is 0.337 e. The van der Waals surface area contributed by atoms with Gasteiger partial charge in [-0.1, -0.05) is 38.1 Å². The number of pyridine rings is 1. The van der Waals surface area contributed by atoms with Crippen LogP contribution in [0, 0.1) is 6.92 Å². The number of nitrogens with zero attached hydrogens (tertiary/aromatic N) is 2. The molecule has 1 aromatic heterocycles. The molecule has 1 fully saturated rings. The maximum atomic E-state index is 12.5. The molecule has 6 heteroatoms. The molecule has 0 bridgehead atoms. The van der Waals surface area contributed by atoms with Crippen molar-refractivity contribution in [2.45, 2.75) is 65.6 Å². The van der Waals surface area contributed by atoms with Crippen molar-refractivity contribution in [3.8, 4) is 11.1 Å². The van der Waals surface area contributed by atoms with E-state index in [9.17, 15) is 9.90 Å². The number of carboxylic acid groups (broad SMARTS) is 1. The Morgan fingerprint density at radius 3 is 2.39 bits per heavy atom. The Balaban J connectivity index is 1.94. The van der Waals surface area contributed by atoms with Gasteiger partial charge in [-0.3, -0.25) is 0 Å². The maximum absolute atomic E-state index is 12.5. The van der Waals surface area contributed by atoms with Gasteiger partial charge in [0, 0.05) is 24.0 Å². The summed E-state index contributed by atoms with van der Waals surface area (Å²) in [5, 5.41) is 11.2. The number of hydrogen-bond donors (Lipinski definition) is 1. The average molecular weight is 491 g/mol. The van der Waals surface area contributed by atoms with Gasteiger partial charge < -0.3 is 19.5 Å². The van der Waals surface area contributed by atoms with Gasteiger partial charge in [-0.25, -0.2) is 9.78 Å². The lowest BCUT2D eigenvalue weighted by Crippen LogP contribution is -2.36. The Hall–Kier alpha value is -2.96. The number of aryl methyl sites for hydroxylation is 1. The number of fused-ring (bicyclic) bond motifs is 1. The first-order valence-electron chi connectivity index (χ1n) is 12.9. The molecule has 0 amide bonds. The molecule has 0 spiro atoms. The van der Waals surface area contributed by atoms with Crippen LogP contribution in [0.25, 0.3) is 22.0 Å². The summed E-state index contributed by atoms with van der Waals surface area (Å²) in [6.07, 6.45) is -0.0373. The van der Waals surface area contributed by atoms with Crippen LogP contribution in [0.5, 0.6) is 0 Å². The Labute approximate surface area is 214 Å². The van der Waals surface area contributed by atoms with Crippen LogP contribution < -0.4 is 4.90 Å². The fraction of sp³-hybridized carbons (Fsp3) is 0.467. The Morgan fingerprint density at radius 1 is 1.14 bits per heavy atom. The molecule has 2 atom stereocenters. The van der Waals surface area contributed by atoms with Crippen LogP contribution in [-0.4, -0.2) is 48.0 Å². The monoisotopic (exact) mass is 490 g/mol. The molecule has 1 aliphatic rings. The lowest BCUT2D eigenvalue weighted by atomic mass is 9.87. The number of aliphatic carboxylic acids is 1. The van der Waals surface area contributed by atoms with E-state index in [4.69, 9.17) is 14.5 Å². The molecule has 192 valence electrons. The van der Waals surface area contributed by atoms with Crippen molar-refractivity contribution < 1.29 is 19.4 Å². The van der Waals surface area contributed by atoms with E-state index in [1.54, 1.807) is 0 Å². The van der Waals surface area contributed by atoms with Crippen molar-refractivity contribution >= 4 is 22.7 Å². The van der Waals surface area contributed by atoms with Gasteiger partial charge in [0.15, 0.2) is 6.10 Å². The third-order valence-electron chi connectivity index (χ3n) is 6.90. The minimum atomic E-state index is -1.10. The number of ether oxygens (including phenoxy) is 2. The fourth-order valence-electron chi connectivity index (χ4n) is 4.83. The minimum Gasteiger partial charge on any atom is -0.479 e. The van der Waals surface area contributed by atoms with Gasteiger partial charge >= 0.3 is 5.97 Å². The number of carbonyl (C=O) groups is 1. The molecule has 1 N–H and O–H groups in total. The normalized spacial score (nSPS) is 16.2. The molecule has 36 heavy (non-hydrogen) atoms. The van der Waals surface area contributed by atoms with Crippen molar-refractivity contribution in [1.82, 2.24) is 4.98 Å². The van der Waals surface area contributed by atoms with E-state index in [-0.39, 0.29) is 0 Å². The number of rotatable bonds is 7. The van der Waals surface area contributed by atoms with Crippen LogP contribution in [0.1, 0.15) is 69.8 Å². The predicted octanol–water partition coefficient (Wildman–Crippen LogP) is 6.50.